The number of benzene rings is 2. The zero-order chi connectivity index (χ0) is 33.4. The van der Waals surface area contributed by atoms with Crippen LogP contribution in [0.4, 0.5) is 0 Å². The fourth-order valence-electron chi connectivity index (χ4n) is 5.11. The van der Waals surface area contributed by atoms with Crippen molar-refractivity contribution in [3.63, 3.8) is 0 Å². The highest BCUT2D eigenvalue weighted by Crippen LogP contribution is 2.20. The van der Waals surface area contributed by atoms with Crippen molar-refractivity contribution in [2.45, 2.75) is 56.3 Å². The van der Waals surface area contributed by atoms with Crippen molar-refractivity contribution < 1.29 is 39.0 Å². The lowest BCUT2D eigenvalue weighted by Gasteiger charge is -2.24. The number of carbonyl (C=O) groups excluding carboxylic acids is 4. The number of aromatic amines is 2. The van der Waals surface area contributed by atoms with Gasteiger partial charge >= 0.3 is 11.9 Å². The van der Waals surface area contributed by atoms with E-state index in [4.69, 9.17) is 11.5 Å². The van der Waals surface area contributed by atoms with Crippen LogP contribution in [0.3, 0.4) is 0 Å². The number of hydrogen-bond donors (Lipinski definition) is 9. The maximum absolute atomic E-state index is 13.3. The van der Waals surface area contributed by atoms with Gasteiger partial charge in [0, 0.05) is 47.0 Å². The van der Waals surface area contributed by atoms with E-state index in [0.29, 0.717) is 5.56 Å². The van der Waals surface area contributed by atoms with E-state index in [0.717, 1.165) is 27.4 Å². The molecule has 0 aliphatic heterocycles. The largest absolute Gasteiger partial charge is 0.481 e. The van der Waals surface area contributed by atoms with E-state index in [1.807, 2.05) is 36.4 Å². The maximum atomic E-state index is 13.3. The van der Waals surface area contributed by atoms with Crippen LogP contribution >= 0.6 is 0 Å². The highest BCUT2D eigenvalue weighted by molar-refractivity contribution is 5.96. The lowest BCUT2D eigenvalue weighted by Crippen LogP contribution is -2.58. The van der Waals surface area contributed by atoms with Crippen LogP contribution in [-0.2, 0) is 41.6 Å². The molecular formula is C31H35N7O8. The summed E-state index contributed by atoms with van der Waals surface area (Å²) in [6.07, 6.45) is 1.77. The Morgan fingerprint density at radius 2 is 1.20 bits per heavy atom. The topological polar surface area (TPSA) is 263 Å². The number of H-pyrrole nitrogens is 2. The molecule has 0 bridgehead atoms. The number of carbonyl (C=O) groups is 6. The molecule has 4 atom stereocenters. The number of primary amides is 1. The van der Waals surface area contributed by atoms with Gasteiger partial charge in [-0.1, -0.05) is 36.4 Å². The summed E-state index contributed by atoms with van der Waals surface area (Å²) in [6.45, 7) is 0. The number of aromatic nitrogens is 2. The number of fused-ring (bicyclic) bond motifs is 2. The Labute approximate surface area is 262 Å². The number of rotatable bonds is 16. The Balaban J connectivity index is 1.46. The Bertz CT molecular complexity index is 1760. The molecule has 4 rings (SSSR count). The van der Waals surface area contributed by atoms with Crippen molar-refractivity contribution >= 4 is 57.4 Å². The summed E-state index contributed by atoms with van der Waals surface area (Å²) in [6, 6.07) is 8.84. The van der Waals surface area contributed by atoms with Crippen molar-refractivity contribution in [1.82, 2.24) is 25.9 Å². The molecule has 2 aromatic carbocycles. The summed E-state index contributed by atoms with van der Waals surface area (Å²) in [5.41, 5.74) is 14.3. The summed E-state index contributed by atoms with van der Waals surface area (Å²) in [7, 11) is 0. The van der Waals surface area contributed by atoms with Crippen LogP contribution in [0.2, 0.25) is 0 Å². The monoisotopic (exact) mass is 633 g/mol. The molecular weight excluding hydrogens is 598 g/mol. The first-order valence-electron chi connectivity index (χ1n) is 14.4. The number of nitrogens with two attached hydrogens (primary N) is 2. The summed E-state index contributed by atoms with van der Waals surface area (Å²) in [4.78, 5) is 80.8. The van der Waals surface area contributed by atoms with Gasteiger partial charge in [0.25, 0.3) is 0 Å². The van der Waals surface area contributed by atoms with Gasteiger partial charge in [-0.3, -0.25) is 24.0 Å². The minimum atomic E-state index is -1.65. The Morgan fingerprint density at radius 3 is 1.74 bits per heavy atom. The normalized spacial score (nSPS) is 13.8. The fourth-order valence-corrected chi connectivity index (χ4v) is 5.11. The summed E-state index contributed by atoms with van der Waals surface area (Å²) in [5.74, 6) is -6.37. The second-order valence-corrected chi connectivity index (χ2v) is 10.9. The predicted octanol–water partition coefficient (Wildman–Crippen LogP) is 0.0409. The van der Waals surface area contributed by atoms with Crippen LogP contribution in [0.1, 0.15) is 30.4 Å². The van der Waals surface area contributed by atoms with E-state index in [9.17, 15) is 39.0 Å². The Hall–Kier alpha value is -5.70. The molecule has 0 aliphatic carbocycles. The van der Waals surface area contributed by atoms with Gasteiger partial charge in [-0.25, -0.2) is 4.79 Å². The highest BCUT2D eigenvalue weighted by atomic mass is 16.4. The van der Waals surface area contributed by atoms with E-state index >= 15 is 0 Å². The van der Waals surface area contributed by atoms with Gasteiger partial charge in [-0.2, -0.15) is 0 Å². The third-order valence-electron chi connectivity index (χ3n) is 7.49. The summed E-state index contributed by atoms with van der Waals surface area (Å²) < 4.78 is 0. The summed E-state index contributed by atoms with van der Waals surface area (Å²) in [5, 5.41) is 27.9. The lowest BCUT2D eigenvalue weighted by atomic mass is 10.0. The van der Waals surface area contributed by atoms with Crippen LogP contribution in [0.5, 0.6) is 0 Å². The minimum absolute atomic E-state index is 0.0773. The first-order valence-corrected chi connectivity index (χ1v) is 14.4. The van der Waals surface area contributed by atoms with Crippen molar-refractivity contribution in [1.29, 1.82) is 0 Å². The molecule has 15 nitrogen and oxygen atoms in total. The number of nitrogens with one attached hydrogen (secondary N) is 5. The van der Waals surface area contributed by atoms with Crippen molar-refractivity contribution in [2.24, 2.45) is 11.5 Å². The standard InChI is InChI=1S/C31H35N7O8/c32-20(11-16-14-34-21-7-3-1-5-18(16)21)28(42)37-24(13-27(40)41)30(44)36-23(9-10-26(33)39)29(43)38-25(31(45)46)12-17-15-35-22-8-4-2-6-19(17)22/h1-8,14-15,20,23-25,34-35H,9-13,32H2,(H2,33,39)(H,36,44)(H,37,42)(H,38,43)(H,40,41)(H,45,46)/t20-,23-,24-,25-/m0/s1. The van der Waals surface area contributed by atoms with Crippen LogP contribution in [0.15, 0.2) is 60.9 Å². The molecule has 0 unspecified atom stereocenters. The van der Waals surface area contributed by atoms with Crippen molar-refractivity contribution in [2.75, 3.05) is 0 Å². The molecule has 4 aromatic rings. The molecule has 11 N–H and O–H groups in total. The average Bonchev–Trinajstić information content (AvgIpc) is 3.62. The molecule has 46 heavy (non-hydrogen) atoms. The average molecular weight is 634 g/mol. The van der Waals surface area contributed by atoms with E-state index in [1.54, 1.807) is 24.5 Å². The molecule has 2 heterocycles. The molecule has 0 radical (unpaired) electrons. The van der Waals surface area contributed by atoms with Gasteiger partial charge in [-0.05, 0) is 36.1 Å². The van der Waals surface area contributed by atoms with E-state index in [1.165, 1.54) is 0 Å². The third-order valence-corrected chi connectivity index (χ3v) is 7.49. The molecule has 242 valence electrons. The molecule has 0 spiro atoms. The van der Waals surface area contributed by atoms with Gasteiger partial charge in [0.05, 0.1) is 12.5 Å². The second-order valence-electron chi connectivity index (χ2n) is 10.9. The maximum Gasteiger partial charge on any atom is 0.326 e. The SMILES string of the molecule is NC(=O)CC[C@H](NC(=O)[C@H](CC(=O)O)NC(=O)[C@@H](N)Cc1c[nH]c2ccccc12)C(=O)N[C@@H](Cc1c[nH]c2ccccc12)C(=O)O. The molecule has 15 heteroatoms. The zero-order valence-electron chi connectivity index (χ0n) is 24.6. The van der Waals surface area contributed by atoms with Gasteiger partial charge in [-0.15, -0.1) is 0 Å². The molecule has 2 aromatic heterocycles. The van der Waals surface area contributed by atoms with Crippen LogP contribution < -0.4 is 27.4 Å². The van der Waals surface area contributed by atoms with Crippen molar-refractivity contribution in [3.8, 4) is 0 Å². The van der Waals surface area contributed by atoms with Gasteiger partial charge in [0.2, 0.25) is 23.6 Å². The van der Waals surface area contributed by atoms with Gasteiger partial charge in [0.1, 0.15) is 18.1 Å². The quantitative estimate of drug-likeness (QED) is 0.0805. The first kappa shape index (κ1) is 33.2. The number of hydrogen-bond acceptors (Lipinski definition) is 7. The second kappa shape index (κ2) is 14.9. The number of aliphatic carboxylic acids is 2. The Morgan fingerprint density at radius 1 is 0.696 bits per heavy atom. The van der Waals surface area contributed by atoms with Crippen LogP contribution in [0.25, 0.3) is 21.8 Å². The zero-order valence-corrected chi connectivity index (χ0v) is 24.6. The smallest absolute Gasteiger partial charge is 0.326 e. The third kappa shape index (κ3) is 8.47. The minimum Gasteiger partial charge on any atom is -0.481 e. The number of carboxylic acids is 2. The van der Waals surface area contributed by atoms with E-state index < -0.39 is 66.2 Å². The summed E-state index contributed by atoms with van der Waals surface area (Å²) >= 11 is 0. The molecule has 4 amide bonds. The molecule has 0 saturated heterocycles. The van der Waals surface area contributed by atoms with E-state index in [2.05, 4.69) is 25.9 Å². The highest BCUT2D eigenvalue weighted by Gasteiger charge is 2.32. The van der Waals surface area contributed by atoms with E-state index in [-0.39, 0.29) is 25.7 Å². The molecule has 0 fully saturated rings. The molecule has 0 saturated carbocycles. The molecule has 0 aliphatic rings. The predicted molar refractivity (Wildman–Crippen MR) is 166 cm³/mol. The number of carboxylic acid groups (broad SMARTS) is 2. The fraction of sp³-hybridized carbons (Fsp3) is 0.290. The first-order chi connectivity index (χ1) is 21.9. The van der Waals surface area contributed by atoms with Crippen LogP contribution in [-0.4, -0.2) is 79.9 Å². The number of amides is 4. The number of para-hydroxylation sites is 2. The van der Waals surface area contributed by atoms with Crippen LogP contribution in [0, 0.1) is 0 Å². The van der Waals surface area contributed by atoms with Gasteiger partial charge < -0.3 is 47.6 Å². The lowest BCUT2D eigenvalue weighted by molar-refractivity contribution is -0.143. The Kier molecular flexibility index (Phi) is 10.7. The van der Waals surface area contributed by atoms with Crippen molar-refractivity contribution in [3.05, 3.63) is 72.1 Å². The van der Waals surface area contributed by atoms with Gasteiger partial charge in [0.15, 0.2) is 0 Å².